The van der Waals surface area contributed by atoms with Crippen LogP contribution in [0, 0.1) is 17.9 Å². The summed E-state index contributed by atoms with van der Waals surface area (Å²) >= 11 is 0. The second-order valence-corrected chi connectivity index (χ2v) is 3.60. The van der Waals surface area contributed by atoms with Gasteiger partial charge in [0.1, 0.15) is 0 Å². The van der Waals surface area contributed by atoms with Gasteiger partial charge >= 0.3 is 0 Å². The molecule has 0 saturated carbocycles. The van der Waals surface area contributed by atoms with E-state index in [0.717, 1.165) is 12.0 Å². The summed E-state index contributed by atoms with van der Waals surface area (Å²) in [6.07, 6.45) is 5.09. The average molecular weight is 210 g/mol. The Morgan fingerprint density at radius 1 is 1.44 bits per heavy atom. The van der Waals surface area contributed by atoms with Crippen LogP contribution in [0.25, 0.3) is 10.9 Å². The number of allylic oxidation sites excluding steroid dienone is 1. The molecule has 0 bridgehead atoms. The molecule has 1 aromatic carbocycles. The lowest BCUT2D eigenvalue weighted by atomic mass is 10.1. The molecule has 1 rings (SSSR count). The van der Waals surface area contributed by atoms with Crippen LogP contribution in [0.1, 0.15) is 30.9 Å². The van der Waals surface area contributed by atoms with Crippen molar-refractivity contribution in [3.63, 3.8) is 0 Å². The van der Waals surface area contributed by atoms with Crippen LogP contribution < -0.4 is 0 Å². The van der Waals surface area contributed by atoms with Crippen molar-refractivity contribution >= 4 is 6.08 Å². The van der Waals surface area contributed by atoms with Gasteiger partial charge in [-0.3, -0.25) is 0 Å². The van der Waals surface area contributed by atoms with Crippen LogP contribution in [0.15, 0.2) is 30.0 Å². The first kappa shape index (κ1) is 12.0. The Morgan fingerprint density at radius 2 is 2.12 bits per heavy atom. The molecule has 1 aromatic rings. The van der Waals surface area contributed by atoms with Crippen molar-refractivity contribution in [1.29, 1.82) is 5.26 Å². The Morgan fingerprint density at radius 3 is 2.62 bits per heavy atom. The molecular weight excluding hydrogens is 196 g/mol. The Hall–Kier alpha value is -2.06. The van der Waals surface area contributed by atoms with E-state index >= 15 is 0 Å². The molecule has 0 unspecified atom stereocenters. The Bertz CT molecular complexity index is 425. The van der Waals surface area contributed by atoms with Gasteiger partial charge in [0.25, 0.3) is 5.70 Å². The molecule has 0 aliphatic heterocycles. The molecule has 0 radical (unpaired) electrons. The van der Waals surface area contributed by atoms with Gasteiger partial charge in [-0.2, -0.15) is 0 Å². The van der Waals surface area contributed by atoms with Crippen LogP contribution in [0.2, 0.25) is 0 Å². The smallest absolute Gasteiger partial charge is 0.227 e. The van der Waals surface area contributed by atoms with Crippen LogP contribution in [0.4, 0.5) is 0 Å². The lowest BCUT2D eigenvalue weighted by Gasteiger charge is -2.00. The van der Waals surface area contributed by atoms with Gasteiger partial charge < -0.3 is 0 Å². The van der Waals surface area contributed by atoms with E-state index in [9.17, 15) is 0 Å². The third-order valence-electron chi connectivity index (χ3n) is 2.34. The first-order valence-electron chi connectivity index (χ1n) is 5.38. The third kappa shape index (κ3) is 3.59. The van der Waals surface area contributed by atoms with E-state index in [1.165, 1.54) is 18.4 Å². The second kappa shape index (κ2) is 6.43. The molecule has 0 amide bonds. The number of hydrogen-bond acceptors (Lipinski definition) is 1. The highest BCUT2D eigenvalue weighted by Gasteiger charge is 1.95. The van der Waals surface area contributed by atoms with Crippen LogP contribution in [0.5, 0.6) is 0 Å². The van der Waals surface area contributed by atoms with Crippen LogP contribution >= 0.6 is 0 Å². The van der Waals surface area contributed by atoms with Crippen LogP contribution in [-0.4, -0.2) is 0 Å². The van der Waals surface area contributed by atoms with Gasteiger partial charge in [0.05, 0.1) is 12.6 Å². The molecule has 0 spiro atoms. The molecule has 0 atom stereocenters. The van der Waals surface area contributed by atoms with Crippen molar-refractivity contribution in [3.05, 3.63) is 52.5 Å². The molecule has 0 saturated heterocycles. The van der Waals surface area contributed by atoms with Gasteiger partial charge in [0.2, 0.25) is 0 Å². The molecule has 0 aliphatic carbocycles. The molecule has 0 aliphatic rings. The first-order valence-corrected chi connectivity index (χ1v) is 5.38. The Balaban J connectivity index is 2.77. The van der Waals surface area contributed by atoms with E-state index in [4.69, 9.17) is 11.8 Å². The van der Waals surface area contributed by atoms with E-state index in [-0.39, 0.29) is 5.70 Å². The highest BCUT2D eigenvalue weighted by atomic mass is 14.7. The van der Waals surface area contributed by atoms with Crippen molar-refractivity contribution in [2.24, 2.45) is 0 Å². The van der Waals surface area contributed by atoms with Crippen molar-refractivity contribution in [2.75, 3.05) is 0 Å². The summed E-state index contributed by atoms with van der Waals surface area (Å²) in [6, 6.07) is 9.87. The maximum atomic E-state index is 8.63. The van der Waals surface area contributed by atoms with Gasteiger partial charge in [-0.05, 0) is 30.0 Å². The second-order valence-electron chi connectivity index (χ2n) is 3.60. The highest BCUT2D eigenvalue weighted by Crippen LogP contribution is 2.11. The summed E-state index contributed by atoms with van der Waals surface area (Å²) in [7, 11) is 0. The van der Waals surface area contributed by atoms with E-state index in [1.54, 1.807) is 6.08 Å². The molecule has 0 fully saturated rings. The molecular formula is C14H14N2. The fourth-order valence-corrected chi connectivity index (χ4v) is 1.41. The zero-order valence-corrected chi connectivity index (χ0v) is 9.40. The maximum Gasteiger partial charge on any atom is 0.262 e. The first-order chi connectivity index (χ1) is 7.80. The number of hydrogen-bond donors (Lipinski definition) is 0. The minimum atomic E-state index is 0.126. The summed E-state index contributed by atoms with van der Waals surface area (Å²) < 4.78 is 0. The summed E-state index contributed by atoms with van der Waals surface area (Å²) in [5.41, 5.74) is 2.34. The number of unbranched alkanes of at least 4 members (excludes halogenated alkanes) is 1. The van der Waals surface area contributed by atoms with Gasteiger partial charge in [-0.25, -0.2) is 10.1 Å². The average Bonchev–Trinajstić information content (AvgIpc) is 2.35. The fourth-order valence-electron chi connectivity index (χ4n) is 1.41. The molecule has 2 nitrogen and oxygen atoms in total. The lowest BCUT2D eigenvalue weighted by molar-refractivity contribution is 0.795. The van der Waals surface area contributed by atoms with Gasteiger partial charge in [0.15, 0.2) is 0 Å². The van der Waals surface area contributed by atoms with E-state index in [0.29, 0.717) is 0 Å². The maximum absolute atomic E-state index is 8.63. The fraction of sp³-hybridized carbons (Fsp3) is 0.286. The van der Waals surface area contributed by atoms with Crippen molar-refractivity contribution in [2.45, 2.75) is 26.2 Å². The van der Waals surface area contributed by atoms with Crippen LogP contribution in [0.3, 0.4) is 0 Å². The number of nitriles is 1. The minimum absolute atomic E-state index is 0.126. The molecule has 80 valence electrons. The zero-order valence-electron chi connectivity index (χ0n) is 9.40. The minimum Gasteiger partial charge on any atom is -0.227 e. The van der Waals surface area contributed by atoms with Crippen molar-refractivity contribution in [1.82, 2.24) is 0 Å². The zero-order chi connectivity index (χ0) is 11.8. The summed E-state index contributed by atoms with van der Waals surface area (Å²) in [4.78, 5) is 3.12. The highest BCUT2D eigenvalue weighted by molar-refractivity contribution is 5.59. The predicted octanol–water partition coefficient (Wildman–Crippen LogP) is 3.81. The van der Waals surface area contributed by atoms with Gasteiger partial charge in [0, 0.05) is 0 Å². The molecule has 2 heteroatoms. The van der Waals surface area contributed by atoms with Crippen molar-refractivity contribution < 1.29 is 0 Å². The third-order valence-corrected chi connectivity index (χ3v) is 2.34. The van der Waals surface area contributed by atoms with Crippen molar-refractivity contribution in [3.8, 4) is 6.07 Å². The number of rotatable bonds is 4. The van der Waals surface area contributed by atoms with Crippen LogP contribution in [-0.2, 0) is 6.42 Å². The van der Waals surface area contributed by atoms with E-state index in [1.807, 2.05) is 18.2 Å². The largest absolute Gasteiger partial charge is 0.262 e. The van der Waals surface area contributed by atoms with E-state index in [2.05, 4.69) is 23.9 Å². The number of aryl methyl sites for hydroxylation is 1. The lowest BCUT2D eigenvalue weighted by Crippen LogP contribution is -1.84. The normalized spacial score (nSPS) is 10.6. The summed E-state index contributed by atoms with van der Waals surface area (Å²) in [5, 5.41) is 8.63. The molecule has 0 N–H and O–H groups in total. The Labute approximate surface area is 96.7 Å². The standard InChI is InChI=1S/C14H14N2/c1-3-4-5-12-6-8-13(9-7-12)10-14(11-15)16-2/h6-10H,3-5H2,1H3/b14-10-. The summed E-state index contributed by atoms with van der Waals surface area (Å²) in [5.74, 6) is 0. The SMILES string of the molecule is [C-]#[N+]/C(C#N)=C\c1ccc(CCCC)cc1. The monoisotopic (exact) mass is 210 g/mol. The number of benzene rings is 1. The van der Waals surface area contributed by atoms with E-state index < -0.39 is 0 Å². The molecule has 0 aromatic heterocycles. The predicted molar refractivity (Wildman–Crippen MR) is 65.2 cm³/mol. The topological polar surface area (TPSA) is 28.1 Å². The van der Waals surface area contributed by atoms with Gasteiger partial charge in [-0.15, -0.1) is 0 Å². The quantitative estimate of drug-likeness (QED) is 0.548. The molecule has 0 heterocycles. The Kier molecular flexibility index (Phi) is 4.83. The summed E-state index contributed by atoms with van der Waals surface area (Å²) in [6.45, 7) is 8.95. The van der Waals surface area contributed by atoms with Gasteiger partial charge in [-0.1, -0.05) is 37.6 Å². The molecule has 16 heavy (non-hydrogen) atoms. The number of nitrogens with zero attached hydrogens (tertiary/aromatic N) is 2.